The smallest absolute Gasteiger partial charge is 0.293 e. The molecule has 20 heavy (non-hydrogen) atoms. The first-order valence-electron chi connectivity index (χ1n) is 6.37. The Labute approximate surface area is 116 Å². The van der Waals surface area contributed by atoms with E-state index >= 15 is 0 Å². The van der Waals surface area contributed by atoms with Crippen molar-refractivity contribution in [3.63, 3.8) is 0 Å². The molecule has 2 amide bonds. The number of amides is 2. The zero-order valence-corrected chi connectivity index (χ0v) is 12.0. The fourth-order valence-electron chi connectivity index (χ4n) is 2.07. The van der Waals surface area contributed by atoms with Crippen molar-refractivity contribution in [2.75, 3.05) is 12.4 Å². The van der Waals surface area contributed by atoms with E-state index in [2.05, 4.69) is 10.3 Å². The third kappa shape index (κ3) is 2.43. The number of imide groups is 1. The number of rotatable bonds is 2. The lowest BCUT2D eigenvalue weighted by atomic mass is 10.1. The van der Waals surface area contributed by atoms with E-state index in [9.17, 15) is 14.4 Å². The molecule has 7 nitrogen and oxygen atoms in total. The summed E-state index contributed by atoms with van der Waals surface area (Å²) in [7, 11) is 1.43. The monoisotopic (exact) mass is 278 g/mol. The molecule has 2 heterocycles. The van der Waals surface area contributed by atoms with Crippen LogP contribution in [0.1, 0.15) is 27.2 Å². The Bertz CT molecular complexity index is 615. The van der Waals surface area contributed by atoms with E-state index < -0.39 is 6.04 Å². The molecule has 0 saturated carbocycles. The Morgan fingerprint density at radius 1 is 1.30 bits per heavy atom. The predicted octanol–water partition coefficient (Wildman–Crippen LogP) is 0.167. The van der Waals surface area contributed by atoms with Gasteiger partial charge in [0, 0.05) is 25.0 Å². The van der Waals surface area contributed by atoms with Crippen LogP contribution < -0.4 is 10.9 Å². The van der Waals surface area contributed by atoms with E-state index in [1.165, 1.54) is 17.8 Å². The fraction of sp³-hybridized carbons (Fsp3) is 0.538. The Hall–Kier alpha value is -2.18. The third-order valence-electron chi connectivity index (χ3n) is 3.26. The van der Waals surface area contributed by atoms with Crippen LogP contribution in [0.15, 0.2) is 17.2 Å². The van der Waals surface area contributed by atoms with Crippen molar-refractivity contribution in [2.24, 2.45) is 0 Å². The van der Waals surface area contributed by atoms with Crippen molar-refractivity contribution in [1.29, 1.82) is 0 Å². The van der Waals surface area contributed by atoms with Gasteiger partial charge in [0.1, 0.15) is 6.04 Å². The molecule has 1 saturated heterocycles. The van der Waals surface area contributed by atoms with Crippen molar-refractivity contribution < 1.29 is 9.59 Å². The van der Waals surface area contributed by atoms with Crippen LogP contribution in [0.4, 0.5) is 5.82 Å². The molecular weight excluding hydrogens is 260 g/mol. The molecule has 1 unspecified atom stereocenters. The number of hydrogen-bond acceptors (Lipinski definition) is 5. The highest BCUT2D eigenvalue weighted by molar-refractivity contribution is 6.06. The summed E-state index contributed by atoms with van der Waals surface area (Å²) in [4.78, 5) is 40.6. The molecule has 1 aliphatic rings. The first-order chi connectivity index (χ1) is 9.21. The van der Waals surface area contributed by atoms with Crippen LogP contribution in [0.3, 0.4) is 0 Å². The summed E-state index contributed by atoms with van der Waals surface area (Å²) in [5, 5.41) is 2.78. The summed E-state index contributed by atoms with van der Waals surface area (Å²) in [6, 6.07) is -0.719. The Balaban J connectivity index is 2.30. The average molecular weight is 278 g/mol. The minimum Gasteiger partial charge on any atom is -0.353 e. The second-order valence-corrected chi connectivity index (χ2v) is 5.81. The minimum atomic E-state index is -0.719. The van der Waals surface area contributed by atoms with Crippen LogP contribution >= 0.6 is 0 Å². The van der Waals surface area contributed by atoms with Crippen LogP contribution in [0, 0.1) is 0 Å². The molecule has 108 valence electrons. The van der Waals surface area contributed by atoms with Gasteiger partial charge >= 0.3 is 0 Å². The normalized spacial score (nSPS) is 19.6. The van der Waals surface area contributed by atoms with Gasteiger partial charge in [0.25, 0.3) is 11.5 Å². The largest absolute Gasteiger partial charge is 0.353 e. The fourth-order valence-corrected chi connectivity index (χ4v) is 2.07. The van der Waals surface area contributed by atoms with Crippen LogP contribution in [0.5, 0.6) is 0 Å². The number of likely N-dealkylation sites (tertiary alicyclic amines) is 1. The third-order valence-corrected chi connectivity index (χ3v) is 3.26. The van der Waals surface area contributed by atoms with Gasteiger partial charge in [-0.15, -0.1) is 0 Å². The molecule has 1 N–H and O–H groups in total. The molecule has 1 atom stereocenters. The van der Waals surface area contributed by atoms with Crippen molar-refractivity contribution in [2.45, 2.75) is 38.8 Å². The predicted molar refractivity (Wildman–Crippen MR) is 73.3 cm³/mol. The van der Waals surface area contributed by atoms with Gasteiger partial charge in [0.2, 0.25) is 5.91 Å². The lowest BCUT2D eigenvalue weighted by Crippen LogP contribution is -2.38. The Kier molecular flexibility index (Phi) is 3.37. The van der Waals surface area contributed by atoms with Gasteiger partial charge in [-0.3, -0.25) is 19.3 Å². The zero-order valence-electron chi connectivity index (χ0n) is 12.0. The number of carbonyl (C=O) groups excluding carboxylic acids is 2. The van der Waals surface area contributed by atoms with Crippen molar-refractivity contribution in [3.05, 3.63) is 22.7 Å². The summed E-state index contributed by atoms with van der Waals surface area (Å²) in [5.41, 5.74) is -0.697. The van der Waals surface area contributed by atoms with Gasteiger partial charge in [0.05, 0.1) is 6.42 Å². The lowest BCUT2D eigenvalue weighted by Gasteiger charge is -2.23. The molecule has 0 radical (unpaired) electrons. The number of nitrogens with one attached hydrogen (secondary N) is 1. The number of likely N-dealkylation sites (N-methyl/N-ethyl adjacent to an activating group) is 1. The van der Waals surface area contributed by atoms with Crippen molar-refractivity contribution in [3.8, 4) is 0 Å². The van der Waals surface area contributed by atoms with E-state index in [1.54, 1.807) is 6.20 Å². The van der Waals surface area contributed by atoms with Gasteiger partial charge in [-0.2, -0.15) is 0 Å². The van der Waals surface area contributed by atoms with Crippen LogP contribution in [0.25, 0.3) is 0 Å². The summed E-state index contributed by atoms with van der Waals surface area (Å²) < 4.78 is 1.54. The van der Waals surface area contributed by atoms with Crippen LogP contribution in [-0.4, -0.2) is 39.4 Å². The molecule has 7 heteroatoms. The molecule has 0 aromatic carbocycles. The van der Waals surface area contributed by atoms with Crippen LogP contribution in [-0.2, 0) is 15.1 Å². The SMILES string of the molecule is CN1C(=O)CC(Nc2nccn(C(C)(C)C)c2=O)C1=O. The summed E-state index contributed by atoms with van der Waals surface area (Å²) in [6.45, 7) is 5.70. The van der Waals surface area contributed by atoms with Crippen molar-refractivity contribution in [1.82, 2.24) is 14.5 Å². The van der Waals surface area contributed by atoms with Gasteiger partial charge in [-0.05, 0) is 20.8 Å². The zero-order chi connectivity index (χ0) is 15.1. The highest BCUT2D eigenvalue weighted by atomic mass is 16.2. The molecule has 1 fully saturated rings. The van der Waals surface area contributed by atoms with Gasteiger partial charge in [-0.25, -0.2) is 4.98 Å². The number of carbonyl (C=O) groups is 2. The first kappa shape index (κ1) is 14.2. The molecular formula is C13H18N4O3. The quantitative estimate of drug-likeness (QED) is 0.779. The summed E-state index contributed by atoms with van der Waals surface area (Å²) in [5.74, 6) is -0.522. The molecule has 1 aliphatic heterocycles. The average Bonchev–Trinajstić information content (AvgIpc) is 2.58. The van der Waals surface area contributed by atoms with Gasteiger partial charge < -0.3 is 9.88 Å². The maximum atomic E-state index is 12.3. The molecule has 2 rings (SSSR count). The number of hydrogen-bond donors (Lipinski definition) is 1. The molecule has 1 aromatic rings. The molecule has 0 spiro atoms. The highest BCUT2D eigenvalue weighted by Crippen LogP contribution is 2.15. The number of anilines is 1. The molecule has 0 aliphatic carbocycles. The van der Waals surface area contributed by atoms with Crippen LogP contribution in [0.2, 0.25) is 0 Å². The number of aromatic nitrogens is 2. The maximum absolute atomic E-state index is 12.3. The van der Waals surface area contributed by atoms with E-state index in [1.807, 2.05) is 20.8 Å². The standard InChI is InChI=1S/C13H18N4O3/c1-13(2,3)17-6-5-14-10(12(17)20)15-8-7-9(18)16(4)11(8)19/h5-6,8H,7H2,1-4H3,(H,14,15). The van der Waals surface area contributed by atoms with Crippen molar-refractivity contribution >= 4 is 17.6 Å². The van der Waals surface area contributed by atoms with E-state index in [0.29, 0.717) is 0 Å². The highest BCUT2D eigenvalue weighted by Gasteiger charge is 2.36. The lowest BCUT2D eigenvalue weighted by molar-refractivity contribution is -0.136. The van der Waals surface area contributed by atoms with E-state index in [0.717, 1.165) is 4.90 Å². The van der Waals surface area contributed by atoms with Gasteiger partial charge in [0.15, 0.2) is 5.82 Å². The summed E-state index contributed by atoms with van der Waals surface area (Å²) >= 11 is 0. The Morgan fingerprint density at radius 2 is 1.95 bits per heavy atom. The van der Waals surface area contributed by atoms with E-state index in [-0.39, 0.29) is 35.2 Å². The van der Waals surface area contributed by atoms with E-state index in [4.69, 9.17) is 0 Å². The second-order valence-electron chi connectivity index (χ2n) is 5.81. The van der Waals surface area contributed by atoms with Gasteiger partial charge in [-0.1, -0.05) is 0 Å². The topological polar surface area (TPSA) is 84.3 Å². The second kappa shape index (κ2) is 4.73. The Morgan fingerprint density at radius 3 is 2.45 bits per heavy atom. The number of nitrogens with zero attached hydrogens (tertiary/aromatic N) is 3. The molecule has 0 bridgehead atoms. The first-order valence-corrected chi connectivity index (χ1v) is 6.37. The maximum Gasteiger partial charge on any atom is 0.293 e. The molecule has 1 aromatic heterocycles. The summed E-state index contributed by atoms with van der Waals surface area (Å²) in [6.07, 6.45) is 3.14. The minimum absolute atomic E-state index is 0.0425.